The van der Waals surface area contributed by atoms with Crippen molar-refractivity contribution in [3.05, 3.63) is 95.5 Å². The molecular formula is C21H17N2O+. The van der Waals surface area contributed by atoms with Crippen LogP contribution in [0.3, 0.4) is 0 Å². The van der Waals surface area contributed by atoms with E-state index in [1.165, 1.54) is 11.1 Å². The highest BCUT2D eigenvalue weighted by Crippen LogP contribution is 2.26. The SMILES string of the molecule is N#[N+]c1ccccc1OC/C=C/c1ccc(-c2ccccc2)cc1. The van der Waals surface area contributed by atoms with Gasteiger partial charge in [-0.25, -0.2) is 0 Å². The largest absolute Gasteiger partial charge is 0.482 e. The van der Waals surface area contributed by atoms with Gasteiger partial charge in [0.05, 0.1) is 0 Å². The van der Waals surface area contributed by atoms with Crippen molar-refractivity contribution < 1.29 is 4.74 Å². The molecule has 3 heteroatoms. The second-order valence-corrected chi connectivity index (χ2v) is 5.27. The van der Waals surface area contributed by atoms with Gasteiger partial charge in [0.15, 0.2) is 4.98 Å². The molecule has 3 aromatic carbocycles. The lowest BCUT2D eigenvalue weighted by Gasteiger charge is -2.02. The first kappa shape index (κ1) is 15.5. The fraction of sp³-hybridized carbons (Fsp3) is 0.0476. The minimum absolute atomic E-state index is 0.410. The van der Waals surface area contributed by atoms with E-state index in [1.807, 2.05) is 36.4 Å². The number of ether oxygens (including phenoxy) is 1. The molecule has 3 rings (SSSR count). The zero-order valence-electron chi connectivity index (χ0n) is 13.2. The molecule has 3 nitrogen and oxygen atoms in total. The Morgan fingerprint density at radius 3 is 2.21 bits per heavy atom. The monoisotopic (exact) mass is 313 g/mol. The molecule has 0 atom stereocenters. The van der Waals surface area contributed by atoms with Crippen molar-refractivity contribution in [2.75, 3.05) is 6.61 Å². The van der Waals surface area contributed by atoms with E-state index in [-0.39, 0.29) is 0 Å². The van der Waals surface area contributed by atoms with Gasteiger partial charge in [0.2, 0.25) is 11.1 Å². The summed E-state index contributed by atoms with van der Waals surface area (Å²) >= 11 is 0. The number of benzene rings is 3. The third kappa shape index (κ3) is 3.88. The van der Waals surface area contributed by atoms with E-state index in [0.717, 1.165) is 5.56 Å². The Labute approximate surface area is 141 Å². The standard InChI is InChI=1S/C21H17N2O/c22-23-20-10-4-5-11-21(20)24-16-6-7-17-12-14-19(15-13-17)18-8-2-1-3-9-18/h1-15H,16H2/q+1/b7-6+. The molecular weight excluding hydrogens is 296 g/mol. The summed E-state index contributed by atoms with van der Waals surface area (Å²) in [6.45, 7) is 0.410. The molecule has 0 aliphatic rings. The van der Waals surface area contributed by atoms with Crippen LogP contribution in [-0.4, -0.2) is 6.61 Å². The molecule has 116 valence electrons. The fourth-order valence-electron chi connectivity index (χ4n) is 2.40. The summed E-state index contributed by atoms with van der Waals surface area (Å²) in [6, 6.07) is 25.8. The lowest BCUT2D eigenvalue weighted by atomic mass is 10.0. The minimum atomic E-state index is 0.410. The molecule has 0 radical (unpaired) electrons. The van der Waals surface area contributed by atoms with Gasteiger partial charge in [0, 0.05) is 6.07 Å². The van der Waals surface area contributed by atoms with Crippen molar-refractivity contribution in [2.45, 2.75) is 0 Å². The lowest BCUT2D eigenvalue weighted by Crippen LogP contribution is -1.92. The van der Waals surface area contributed by atoms with Crippen LogP contribution in [0.5, 0.6) is 5.75 Å². The number of para-hydroxylation sites is 1. The first-order chi connectivity index (χ1) is 11.9. The highest BCUT2D eigenvalue weighted by atomic mass is 16.5. The van der Waals surface area contributed by atoms with Crippen LogP contribution >= 0.6 is 0 Å². The lowest BCUT2D eigenvalue weighted by molar-refractivity contribution is 0.366. The van der Waals surface area contributed by atoms with Gasteiger partial charge in [0.1, 0.15) is 6.61 Å². The van der Waals surface area contributed by atoms with Crippen LogP contribution in [-0.2, 0) is 0 Å². The van der Waals surface area contributed by atoms with Crippen molar-refractivity contribution in [2.24, 2.45) is 0 Å². The molecule has 0 aliphatic carbocycles. The second kappa shape index (κ2) is 7.75. The molecule has 0 aliphatic heterocycles. The summed E-state index contributed by atoms with van der Waals surface area (Å²) in [5.41, 5.74) is 3.94. The molecule has 24 heavy (non-hydrogen) atoms. The predicted molar refractivity (Wildman–Crippen MR) is 97.6 cm³/mol. The molecule has 0 fully saturated rings. The third-order valence-electron chi connectivity index (χ3n) is 3.64. The molecule has 0 N–H and O–H groups in total. The highest BCUT2D eigenvalue weighted by molar-refractivity contribution is 5.65. The van der Waals surface area contributed by atoms with Crippen molar-refractivity contribution >= 4 is 11.8 Å². The molecule has 0 bridgehead atoms. The molecule has 0 saturated heterocycles. The molecule has 0 saturated carbocycles. The number of hydrogen-bond acceptors (Lipinski definition) is 2. The second-order valence-electron chi connectivity index (χ2n) is 5.27. The number of rotatable bonds is 5. The summed E-state index contributed by atoms with van der Waals surface area (Å²) in [6.07, 6.45) is 3.94. The van der Waals surface area contributed by atoms with E-state index in [4.69, 9.17) is 10.1 Å². The predicted octanol–water partition coefficient (Wildman–Crippen LogP) is 5.93. The Bertz CT molecular complexity index is 862. The van der Waals surface area contributed by atoms with Gasteiger partial charge in [-0.3, -0.25) is 0 Å². The van der Waals surface area contributed by atoms with Crippen LogP contribution in [0.25, 0.3) is 22.2 Å². The van der Waals surface area contributed by atoms with Gasteiger partial charge in [-0.1, -0.05) is 72.8 Å². The van der Waals surface area contributed by atoms with E-state index in [1.54, 1.807) is 18.2 Å². The van der Waals surface area contributed by atoms with Gasteiger partial charge in [-0.15, -0.1) is 0 Å². The Kier molecular flexibility index (Phi) is 5.01. The maximum Gasteiger partial charge on any atom is 0.426 e. The van der Waals surface area contributed by atoms with Gasteiger partial charge in [-0.2, -0.15) is 0 Å². The number of nitrogens with zero attached hydrogens (tertiary/aromatic N) is 2. The average molecular weight is 313 g/mol. The maximum atomic E-state index is 8.90. The molecule has 0 spiro atoms. The topological polar surface area (TPSA) is 37.4 Å². The Hall–Kier alpha value is -3.38. The van der Waals surface area contributed by atoms with E-state index in [9.17, 15) is 0 Å². The Morgan fingerprint density at radius 2 is 1.46 bits per heavy atom. The summed E-state index contributed by atoms with van der Waals surface area (Å²) in [7, 11) is 0. The van der Waals surface area contributed by atoms with Gasteiger partial charge < -0.3 is 4.74 Å². The Morgan fingerprint density at radius 1 is 0.792 bits per heavy atom. The van der Waals surface area contributed by atoms with Crippen LogP contribution in [0.2, 0.25) is 0 Å². The number of diazo groups is 1. The minimum Gasteiger partial charge on any atom is -0.482 e. The van der Waals surface area contributed by atoms with Gasteiger partial charge in [-0.05, 0) is 28.8 Å². The van der Waals surface area contributed by atoms with Gasteiger partial charge in [0.25, 0.3) is 0 Å². The van der Waals surface area contributed by atoms with Crippen LogP contribution in [0, 0.1) is 5.39 Å². The van der Waals surface area contributed by atoms with Crippen LogP contribution in [0.15, 0.2) is 84.9 Å². The molecule has 0 heterocycles. The molecule has 0 amide bonds. The normalized spacial score (nSPS) is 10.5. The third-order valence-corrected chi connectivity index (χ3v) is 3.64. The van der Waals surface area contributed by atoms with Crippen molar-refractivity contribution in [1.29, 1.82) is 5.39 Å². The van der Waals surface area contributed by atoms with E-state index in [0.29, 0.717) is 18.0 Å². The van der Waals surface area contributed by atoms with E-state index >= 15 is 0 Å². The first-order valence-electron chi connectivity index (χ1n) is 7.76. The van der Waals surface area contributed by atoms with Crippen LogP contribution in [0.1, 0.15) is 5.56 Å². The number of hydrogen-bond donors (Lipinski definition) is 0. The van der Waals surface area contributed by atoms with Crippen molar-refractivity contribution in [3.63, 3.8) is 0 Å². The Balaban J connectivity index is 1.60. The molecule has 3 aromatic rings. The maximum absolute atomic E-state index is 8.90. The zero-order valence-corrected chi connectivity index (χ0v) is 13.2. The summed E-state index contributed by atoms with van der Waals surface area (Å²) in [4.78, 5) is 3.20. The smallest absolute Gasteiger partial charge is 0.426 e. The fourth-order valence-corrected chi connectivity index (χ4v) is 2.40. The van der Waals surface area contributed by atoms with E-state index < -0.39 is 0 Å². The summed E-state index contributed by atoms with van der Waals surface area (Å²) < 4.78 is 5.60. The van der Waals surface area contributed by atoms with Crippen LogP contribution < -0.4 is 4.74 Å². The zero-order chi connectivity index (χ0) is 16.6. The first-order valence-corrected chi connectivity index (χ1v) is 7.76. The van der Waals surface area contributed by atoms with Crippen molar-refractivity contribution in [1.82, 2.24) is 0 Å². The average Bonchev–Trinajstić information content (AvgIpc) is 2.67. The highest BCUT2D eigenvalue weighted by Gasteiger charge is 2.12. The van der Waals surface area contributed by atoms with Gasteiger partial charge >= 0.3 is 5.69 Å². The summed E-state index contributed by atoms with van der Waals surface area (Å²) in [5.74, 6) is 0.559. The van der Waals surface area contributed by atoms with E-state index in [2.05, 4.69) is 41.4 Å². The summed E-state index contributed by atoms with van der Waals surface area (Å²) in [5, 5.41) is 8.90. The quantitative estimate of drug-likeness (QED) is 0.547. The van der Waals surface area contributed by atoms with Crippen LogP contribution in [0.4, 0.5) is 5.69 Å². The molecule has 0 unspecified atom stereocenters. The molecule has 0 aromatic heterocycles. The van der Waals surface area contributed by atoms with Crippen molar-refractivity contribution in [3.8, 4) is 16.9 Å².